The standard InChI is InChI=1S/C13H17N3O/c1-3-14-10-11-8-9-16(15-11)12-4-6-13(17-2)7-5-12/h4-9,14H,3,10H2,1-2H3. The molecule has 0 saturated carbocycles. The molecule has 2 aromatic rings. The van der Waals surface area contributed by atoms with Crippen LogP contribution in [0.5, 0.6) is 5.75 Å². The molecule has 0 bridgehead atoms. The average molecular weight is 231 g/mol. The molecule has 0 fully saturated rings. The Hall–Kier alpha value is -1.81. The average Bonchev–Trinajstić information content (AvgIpc) is 2.85. The van der Waals surface area contributed by atoms with E-state index in [1.165, 1.54) is 0 Å². The molecule has 0 aliphatic carbocycles. The maximum absolute atomic E-state index is 5.12. The molecule has 2 rings (SSSR count). The summed E-state index contributed by atoms with van der Waals surface area (Å²) in [7, 11) is 1.66. The Morgan fingerprint density at radius 1 is 1.24 bits per heavy atom. The van der Waals surface area contributed by atoms with Crippen LogP contribution in [0.4, 0.5) is 0 Å². The molecule has 0 aliphatic heterocycles. The van der Waals surface area contributed by atoms with Gasteiger partial charge in [-0.3, -0.25) is 0 Å². The van der Waals surface area contributed by atoms with E-state index in [1.807, 2.05) is 41.2 Å². The largest absolute Gasteiger partial charge is 0.497 e. The molecule has 1 heterocycles. The van der Waals surface area contributed by atoms with Crippen LogP contribution in [0.15, 0.2) is 36.5 Å². The topological polar surface area (TPSA) is 39.1 Å². The van der Waals surface area contributed by atoms with Gasteiger partial charge in [0.2, 0.25) is 0 Å². The second-order valence-corrected chi connectivity index (χ2v) is 3.73. The summed E-state index contributed by atoms with van der Waals surface area (Å²) in [6.07, 6.45) is 1.97. The van der Waals surface area contributed by atoms with Crippen molar-refractivity contribution < 1.29 is 4.74 Å². The third-order valence-corrected chi connectivity index (χ3v) is 2.54. The number of methoxy groups -OCH3 is 1. The van der Waals surface area contributed by atoms with Crippen LogP contribution in [0, 0.1) is 0 Å². The summed E-state index contributed by atoms with van der Waals surface area (Å²) in [6.45, 7) is 3.84. The van der Waals surface area contributed by atoms with E-state index >= 15 is 0 Å². The smallest absolute Gasteiger partial charge is 0.119 e. The Labute approximate surface area is 101 Å². The fraction of sp³-hybridized carbons (Fsp3) is 0.308. The van der Waals surface area contributed by atoms with Crippen molar-refractivity contribution in [3.8, 4) is 11.4 Å². The van der Waals surface area contributed by atoms with E-state index in [0.29, 0.717) is 0 Å². The Morgan fingerprint density at radius 3 is 2.65 bits per heavy atom. The highest BCUT2D eigenvalue weighted by atomic mass is 16.5. The van der Waals surface area contributed by atoms with Crippen LogP contribution in [0.2, 0.25) is 0 Å². The zero-order valence-electron chi connectivity index (χ0n) is 10.2. The Kier molecular flexibility index (Phi) is 3.77. The van der Waals surface area contributed by atoms with Crippen LogP contribution in [-0.2, 0) is 6.54 Å². The molecule has 4 heteroatoms. The fourth-order valence-corrected chi connectivity index (χ4v) is 1.59. The first kappa shape index (κ1) is 11.7. The summed E-state index contributed by atoms with van der Waals surface area (Å²) in [5, 5.41) is 7.74. The predicted octanol–water partition coefficient (Wildman–Crippen LogP) is 1.99. The molecule has 1 aromatic carbocycles. The van der Waals surface area contributed by atoms with Gasteiger partial charge in [-0.1, -0.05) is 6.92 Å². The van der Waals surface area contributed by atoms with Crippen LogP contribution in [-0.4, -0.2) is 23.4 Å². The summed E-state index contributed by atoms with van der Waals surface area (Å²) in [5.74, 6) is 0.855. The number of benzene rings is 1. The molecule has 1 aromatic heterocycles. The second-order valence-electron chi connectivity index (χ2n) is 3.73. The third-order valence-electron chi connectivity index (χ3n) is 2.54. The molecule has 0 saturated heterocycles. The molecule has 90 valence electrons. The molecule has 4 nitrogen and oxygen atoms in total. The van der Waals surface area contributed by atoms with Gasteiger partial charge >= 0.3 is 0 Å². The molecule has 0 radical (unpaired) electrons. The van der Waals surface area contributed by atoms with Crippen molar-refractivity contribution in [2.45, 2.75) is 13.5 Å². The fourth-order valence-electron chi connectivity index (χ4n) is 1.59. The van der Waals surface area contributed by atoms with Crippen molar-refractivity contribution in [3.05, 3.63) is 42.2 Å². The summed E-state index contributed by atoms with van der Waals surface area (Å²) < 4.78 is 6.99. The van der Waals surface area contributed by atoms with Crippen molar-refractivity contribution >= 4 is 0 Å². The number of hydrogen-bond donors (Lipinski definition) is 1. The van der Waals surface area contributed by atoms with Gasteiger partial charge in [0.1, 0.15) is 5.75 Å². The molecule has 17 heavy (non-hydrogen) atoms. The first-order chi connectivity index (χ1) is 8.33. The second kappa shape index (κ2) is 5.50. The van der Waals surface area contributed by atoms with Crippen LogP contribution >= 0.6 is 0 Å². The Morgan fingerprint density at radius 2 is 2.00 bits per heavy atom. The molecule has 0 unspecified atom stereocenters. The molecular weight excluding hydrogens is 214 g/mol. The zero-order chi connectivity index (χ0) is 12.1. The van der Waals surface area contributed by atoms with Gasteiger partial charge in [0.05, 0.1) is 18.5 Å². The lowest BCUT2D eigenvalue weighted by Crippen LogP contribution is -2.12. The Balaban J connectivity index is 2.12. The molecular formula is C13H17N3O. The maximum atomic E-state index is 5.12. The predicted molar refractivity (Wildman–Crippen MR) is 67.5 cm³/mol. The van der Waals surface area contributed by atoms with Crippen molar-refractivity contribution in [1.29, 1.82) is 0 Å². The number of ether oxygens (including phenoxy) is 1. The van der Waals surface area contributed by atoms with Gasteiger partial charge in [-0.05, 0) is 36.9 Å². The van der Waals surface area contributed by atoms with Crippen LogP contribution < -0.4 is 10.1 Å². The first-order valence-electron chi connectivity index (χ1n) is 5.73. The lowest BCUT2D eigenvalue weighted by Gasteiger charge is -2.03. The van der Waals surface area contributed by atoms with Gasteiger partial charge in [0.25, 0.3) is 0 Å². The van der Waals surface area contributed by atoms with Crippen molar-refractivity contribution in [2.24, 2.45) is 0 Å². The number of hydrogen-bond acceptors (Lipinski definition) is 3. The van der Waals surface area contributed by atoms with Crippen molar-refractivity contribution in [3.63, 3.8) is 0 Å². The monoisotopic (exact) mass is 231 g/mol. The Bertz CT molecular complexity index is 462. The van der Waals surface area contributed by atoms with E-state index in [2.05, 4.69) is 17.3 Å². The van der Waals surface area contributed by atoms with E-state index < -0.39 is 0 Å². The summed E-state index contributed by atoms with van der Waals surface area (Å²) in [5.41, 5.74) is 2.08. The van der Waals surface area contributed by atoms with Crippen molar-refractivity contribution in [2.75, 3.05) is 13.7 Å². The zero-order valence-corrected chi connectivity index (χ0v) is 10.2. The van der Waals surface area contributed by atoms with Crippen LogP contribution in [0.25, 0.3) is 5.69 Å². The first-order valence-corrected chi connectivity index (χ1v) is 5.73. The molecule has 0 atom stereocenters. The third kappa shape index (κ3) is 2.85. The van der Waals surface area contributed by atoms with Crippen LogP contribution in [0.1, 0.15) is 12.6 Å². The minimum absolute atomic E-state index is 0.805. The lowest BCUT2D eigenvalue weighted by atomic mass is 10.3. The van der Waals surface area contributed by atoms with Gasteiger partial charge in [-0.25, -0.2) is 4.68 Å². The highest BCUT2D eigenvalue weighted by Gasteiger charge is 2.00. The van der Waals surface area contributed by atoms with Gasteiger partial charge in [0.15, 0.2) is 0 Å². The molecule has 0 aliphatic rings. The summed E-state index contributed by atoms with van der Waals surface area (Å²) in [4.78, 5) is 0. The minimum Gasteiger partial charge on any atom is -0.497 e. The molecule has 0 amide bonds. The summed E-state index contributed by atoms with van der Waals surface area (Å²) >= 11 is 0. The van der Waals surface area contributed by atoms with Gasteiger partial charge in [-0.2, -0.15) is 5.10 Å². The highest BCUT2D eigenvalue weighted by Crippen LogP contribution is 2.14. The van der Waals surface area contributed by atoms with Crippen LogP contribution in [0.3, 0.4) is 0 Å². The highest BCUT2D eigenvalue weighted by molar-refractivity contribution is 5.36. The van der Waals surface area contributed by atoms with E-state index in [1.54, 1.807) is 7.11 Å². The SMILES string of the molecule is CCNCc1ccn(-c2ccc(OC)cc2)n1. The quantitative estimate of drug-likeness (QED) is 0.855. The summed E-state index contributed by atoms with van der Waals surface area (Å²) in [6, 6.07) is 9.86. The number of nitrogens with zero attached hydrogens (tertiary/aromatic N) is 2. The normalized spacial score (nSPS) is 10.5. The van der Waals surface area contributed by atoms with E-state index in [4.69, 9.17) is 4.74 Å². The number of rotatable bonds is 5. The van der Waals surface area contributed by atoms with Gasteiger partial charge in [0, 0.05) is 12.7 Å². The molecule has 0 spiro atoms. The molecule has 1 N–H and O–H groups in total. The van der Waals surface area contributed by atoms with Gasteiger partial charge in [-0.15, -0.1) is 0 Å². The maximum Gasteiger partial charge on any atom is 0.119 e. The van der Waals surface area contributed by atoms with Gasteiger partial charge < -0.3 is 10.1 Å². The van der Waals surface area contributed by atoms with E-state index in [0.717, 1.165) is 30.2 Å². The number of nitrogens with one attached hydrogen (secondary N) is 1. The lowest BCUT2D eigenvalue weighted by molar-refractivity contribution is 0.414. The minimum atomic E-state index is 0.805. The number of aromatic nitrogens is 2. The van der Waals surface area contributed by atoms with E-state index in [-0.39, 0.29) is 0 Å². The van der Waals surface area contributed by atoms with Crippen molar-refractivity contribution in [1.82, 2.24) is 15.1 Å². The van der Waals surface area contributed by atoms with E-state index in [9.17, 15) is 0 Å².